The van der Waals surface area contributed by atoms with E-state index in [4.69, 9.17) is 4.74 Å². The SMILES string of the molecule is CNc1cc(Sc2ccc(OC)cc2)ncn1. The van der Waals surface area contributed by atoms with Crippen molar-refractivity contribution in [1.29, 1.82) is 0 Å². The average molecular weight is 247 g/mol. The fourth-order valence-electron chi connectivity index (χ4n) is 1.30. The van der Waals surface area contributed by atoms with E-state index in [-0.39, 0.29) is 0 Å². The Morgan fingerprint density at radius 3 is 2.59 bits per heavy atom. The van der Waals surface area contributed by atoms with Crippen LogP contribution in [-0.4, -0.2) is 24.1 Å². The van der Waals surface area contributed by atoms with Crippen LogP contribution in [0.25, 0.3) is 0 Å². The molecular weight excluding hydrogens is 234 g/mol. The molecule has 0 fully saturated rings. The Labute approximate surface area is 104 Å². The van der Waals surface area contributed by atoms with E-state index in [0.29, 0.717) is 0 Å². The van der Waals surface area contributed by atoms with Crippen molar-refractivity contribution >= 4 is 17.6 Å². The Balaban J connectivity index is 2.13. The normalized spacial score (nSPS) is 10.0. The molecule has 1 aromatic carbocycles. The van der Waals surface area contributed by atoms with Crippen molar-refractivity contribution in [2.45, 2.75) is 9.92 Å². The summed E-state index contributed by atoms with van der Waals surface area (Å²) in [6.45, 7) is 0. The van der Waals surface area contributed by atoms with Gasteiger partial charge in [-0.1, -0.05) is 11.8 Å². The molecule has 0 bridgehead atoms. The van der Waals surface area contributed by atoms with Crippen LogP contribution in [0.3, 0.4) is 0 Å². The smallest absolute Gasteiger partial charge is 0.130 e. The van der Waals surface area contributed by atoms with E-state index in [1.54, 1.807) is 25.2 Å². The zero-order valence-electron chi connectivity index (χ0n) is 9.68. The van der Waals surface area contributed by atoms with E-state index in [0.717, 1.165) is 21.5 Å². The van der Waals surface area contributed by atoms with Crippen molar-refractivity contribution in [3.8, 4) is 5.75 Å². The van der Waals surface area contributed by atoms with Gasteiger partial charge < -0.3 is 10.1 Å². The van der Waals surface area contributed by atoms with Gasteiger partial charge in [0, 0.05) is 18.0 Å². The lowest BCUT2D eigenvalue weighted by molar-refractivity contribution is 0.414. The Morgan fingerprint density at radius 2 is 1.94 bits per heavy atom. The highest BCUT2D eigenvalue weighted by Gasteiger charge is 2.01. The maximum Gasteiger partial charge on any atom is 0.130 e. The number of hydrogen-bond donors (Lipinski definition) is 1. The number of nitrogens with one attached hydrogen (secondary N) is 1. The molecular formula is C12H13N3OS. The second-order valence-electron chi connectivity index (χ2n) is 3.27. The van der Waals surface area contributed by atoms with Crippen LogP contribution in [0.1, 0.15) is 0 Å². The number of methoxy groups -OCH3 is 1. The Morgan fingerprint density at radius 1 is 1.18 bits per heavy atom. The minimum Gasteiger partial charge on any atom is -0.497 e. The fraction of sp³-hybridized carbons (Fsp3) is 0.167. The van der Waals surface area contributed by atoms with Crippen molar-refractivity contribution in [3.63, 3.8) is 0 Å². The summed E-state index contributed by atoms with van der Waals surface area (Å²) in [5.41, 5.74) is 0. The fourth-order valence-corrected chi connectivity index (χ4v) is 2.08. The maximum atomic E-state index is 5.11. The van der Waals surface area contributed by atoms with Crippen molar-refractivity contribution < 1.29 is 4.74 Å². The van der Waals surface area contributed by atoms with Gasteiger partial charge in [-0.25, -0.2) is 9.97 Å². The monoisotopic (exact) mass is 247 g/mol. The first kappa shape index (κ1) is 11.7. The maximum absolute atomic E-state index is 5.11. The summed E-state index contributed by atoms with van der Waals surface area (Å²) in [7, 11) is 3.50. The molecule has 2 aromatic rings. The second-order valence-corrected chi connectivity index (χ2v) is 4.36. The Bertz CT molecular complexity index is 487. The number of rotatable bonds is 4. The molecule has 88 valence electrons. The predicted molar refractivity (Wildman–Crippen MR) is 68.7 cm³/mol. The van der Waals surface area contributed by atoms with E-state index in [9.17, 15) is 0 Å². The molecule has 0 aliphatic carbocycles. The minimum atomic E-state index is 0.816. The van der Waals surface area contributed by atoms with E-state index < -0.39 is 0 Å². The van der Waals surface area contributed by atoms with Gasteiger partial charge >= 0.3 is 0 Å². The number of hydrogen-bond acceptors (Lipinski definition) is 5. The molecule has 0 spiro atoms. The highest BCUT2D eigenvalue weighted by atomic mass is 32.2. The zero-order valence-corrected chi connectivity index (χ0v) is 10.5. The van der Waals surface area contributed by atoms with Crippen molar-refractivity contribution in [3.05, 3.63) is 36.7 Å². The zero-order chi connectivity index (χ0) is 12.1. The van der Waals surface area contributed by atoms with Gasteiger partial charge in [0.25, 0.3) is 0 Å². The molecule has 0 saturated carbocycles. The number of aromatic nitrogens is 2. The topological polar surface area (TPSA) is 47.0 Å². The summed E-state index contributed by atoms with van der Waals surface area (Å²) in [6, 6.07) is 9.79. The third-order valence-electron chi connectivity index (χ3n) is 2.18. The van der Waals surface area contributed by atoms with Gasteiger partial charge in [-0.2, -0.15) is 0 Å². The van der Waals surface area contributed by atoms with Gasteiger partial charge in [0.15, 0.2) is 0 Å². The summed E-state index contributed by atoms with van der Waals surface area (Å²) in [5.74, 6) is 1.67. The number of anilines is 1. The lowest BCUT2D eigenvalue weighted by Gasteiger charge is -2.04. The molecule has 0 unspecified atom stereocenters. The van der Waals surface area contributed by atoms with Gasteiger partial charge in [-0.15, -0.1) is 0 Å². The van der Waals surface area contributed by atoms with Crippen LogP contribution in [0.4, 0.5) is 5.82 Å². The van der Waals surface area contributed by atoms with Crippen molar-refractivity contribution in [2.24, 2.45) is 0 Å². The van der Waals surface area contributed by atoms with Crippen LogP contribution >= 0.6 is 11.8 Å². The summed E-state index contributed by atoms with van der Waals surface area (Å²) < 4.78 is 5.11. The Kier molecular flexibility index (Phi) is 3.82. The highest BCUT2D eigenvalue weighted by molar-refractivity contribution is 7.99. The highest BCUT2D eigenvalue weighted by Crippen LogP contribution is 2.28. The standard InChI is InChI=1S/C12H13N3OS/c1-13-11-7-12(15-8-14-11)17-10-5-3-9(16-2)4-6-10/h3-8H,1-2H3,(H,13,14,15). The lowest BCUT2D eigenvalue weighted by atomic mass is 10.3. The van der Waals surface area contributed by atoms with Gasteiger partial charge in [0.1, 0.15) is 22.9 Å². The molecule has 0 atom stereocenters. The van der Waals surface area contributed by atoms with Crippen LogP contribution in [0, 0.1) is 0 Å². The molecule has 5 heteroatoms. The van der Waals surface area contributed by atoms with Crippen molar-refractivity contribution in [2.75, 3.05) is 19.5 Å². The molecule has 0 radical (unpaired) electrons. The van der Waals surface area contributed by atoms with Crippen LogP contribution in [0.2, 0.25) is 0 Å². The second kappa shape index (κ2) is 5.54. The summed E-state index contributed by atoms with van der Waals surface area (Å²) in [5, 5.41) is 3.90. The minimum absolute atomic E-state index is 0.816. The van der Waals surface area contributed by atoms with Gasteiger partial charge in [0.05, 0.1) is 7.11 Å². The van der Waals surface area contributed by atoms with E-state index in [1.165, 1.54) is 0 Å². The first-order chi connectivity index (χ1) is 8.31. The summed E-state index contributed by atoms with van der Waals surface area (Å²) >= 11 is 1.59. The molecule has 0 saturated heterocycles. The first-order valence-corrected chi connectivity index (χ1v) is 5.95. The van der Waals surface area contributed by atoms with Crippen LogP contribution in [-0.2, 0) is 0 Å². The van der Waals surface area contributed by atoms with Crippen LogP contribution in [0.15, 0.2) is 46.6 Å². The van der Waals surface area contributed by atoms with Gasteiger partial charge in [0.2, 0.25) is 0 Å². The largest absolute Gasteiger partial charge is 0.497 e. The predicted octanol–water partition coefficient (Wildman–Crippen LogP) is 2.68. The van der Waals surface area contributed by atoms with Crippen LogP contribution < -0.4 is 10.1 Å². The molecule has 2 rings (SSSR count). The third kappa shape index (κ3) is 3.10. The van der Waals surface area contributed by atoms with Crippen molar-refractivity contribution in [1.82, 2.24) is 9.97 Å². The summed E-state index contributed by atoms with van der Waals surface area (Å²) in [6.07, 6.45) is 1.55. The average Bonchev–Trinajstić information content (AvgIpc) is 2.40. The molecule has 1 heterocycles. The van der Waals surface area contributed by atoms with Gasteiger partial charge in [-0.3, -0.25) is 0 Å². The van der Waals surface area contributed by atoms with E-state index in [2.05, 4.69) is 15.3 Å². The molecule has 4 nitrogen and oxygen atoms in total. The summed E-state index contributed by atoms with van der Waals surface area (Å²) in [4.78, 5) is 9.39. The van der Waals surface area contributed by atoms with E-state index in [1.807, 2.05) is 37.4 Å². The molecule has 0 aliphatic rings. The molecule has 1 aromatic heterocycles. The number of ether oxygens (including phenoxy) is 1. The number of benzene rings is 1. The molecule has 0 aliphatic heterocycles. The molecule has 17 heavy (non-hydrogen) atoms. The third-order valence-corrected chi connectivity index (χ3v) is 3.12. The van der Waals surface area contributed by atoms with E-state index >= 15 is 0 Å². The molecule has 0 amide bonds. The first-order valence-electron chi connectivity index (χ1n) is 5.13. The lowest BCUT2D eigenvalue weighted by Crippen LogP contribution is -1.93. The van der Waals surface area contributed by atoms with Gasteiger partial charge in [-0.05, 0) is 24.3 Å². The number of nitrogens with zero attached hydrogens (tertiary/aromatic N) is 2. The molecule has 1 N–H and O–H groups in total. The Hall–Kier alpha value is -1.75. The van der Waals surface area contributed by atoms with Crippen LogP contribution in [0.5, 0.6) is 5.75 Å². The quantitative estimate of drug-likeness (QED) is 0.842.